The molecule has 18 heavy (non-hydrogen) atoms. The summed E-state index contributed by atoms with van der Waals surface area (Å²) in [5, 5.41) is 3.61. The third kappa shape index (κ3) is 6.18. The first kappa shape index (κ1) is 15.2. The Morgan fingerprint density at radius 2 is 1.72 bits per heavy atom. The number of nitrogens with zero attached hydrogens (tertiary/aromatic N) is 1. The molecule has 0 saturated heterocycles. The number of hydrogen-bond donors (Lipinski definition) is 1. The van der Waals surface area contributed by atoms with Crippen LogP contribution >= 0.6 is 0 Å². The fourth-order valence-corrected chi connectivity index (χ4v) is 2.11. The summed E-state index contributed by atoms with van der Waals surface area (Å²) >= 11 is 0. The molecule has 0 amide bonds. The van der Waals surface area contributed by atoms with Crippen molar-refractivity contribution in [2.45, 2.75) is 39.2 Å². The van der Waals surface area contributed by atoms with Crippen LogP contribution in [0.1, 0.15) is 32.3 Å². The minimum Gasteiger partial charge on any atom is -0.313 e. The van der Waals surface area contributed by atoms with Gasteiger partial charge in [0.2, 0.25) is 0 Å². The van der Waals surface area contributed by atoms with E-state index < -0.39 is 0 Å². The molecular formula is C16H28N2. The molecule has 0 saturated carbocycles. The van der Waals surface area contributed by atoms with Crippen LogP contribution in [0.3, 0.4) is 0 Å². The van der Waals surface area contributed by atoms with Gasteiger partial charge in [-0.25, -0.2) is 0 Å². The average Bonchev–Trinajstić information content (AvgIpc) is 2.42. The van der Waals surface area contributed by atoms with E-state index in [0.717, 1.165) is 26.1 Å². The zero-order valence-electron chi connectivity index (χ0n) is 12.2. The van der Waals surface area contributed by atoms with Gasteiger partial charge in [-0.15, -0.1) is 0 Å². The van der Waals surface area contributed by atoms with E-state index in [1.165, 1.54) is 18.4 Å². The first-order chi connectivity index (χ1) is 8.76. The van der Waals surface area contributed by atoms with Crippen LogP contribution in [0.15, 0.2) is 30.3 Å². The van der Waals surface area contributed by atoms with E-state index in [9.17, 15) is 0 Å². The molecule has 0 bridgehead atoms. The highest BCUT2D eigenvalue weighted by Crippen LogP contribution is 2.00. The molecule has 102 valence electrons. The lowest BCUT2D eigenvalue weighted by Gasteiger charge is -2.20. The molecule has 0 radical (unpaired) electrons. The van der Waals surface area contributed by atoms with Gasteiger partial charge in [0.1, 0.15) is 0 Å². The number of benzene rings is 1. The Balaban J connectivity index is 2.12. The molecule has 0 atom stereocenters. The normalized spacial score (nSPS) is 11.4. The zero-order chi connectivity index (χ0) is 13.2. The van der Waals surface area contributed by atoms with Crippen molar-refractivity contribution in [2.24, 2.45) is 0 Å². The summed E-state index contributed by atoms with van der Waals surface area (Å²) in [6.45, 7) is 7.86. The van der Waals surface area contributed by atoms with Crippen molar-refractivity contribution < 1.29 is 0 Å². The van der Waals surface area contributed by atoms with Gasteiger partial charge in [-0.2, -0.15) is 0 Å². The second-order valence-corrected chi connectivity index (χ2v) is 5.01. The lowest BCUT2D eigenvalue weighted by atomic mass is 10.1. The van der Waals surface area contributed by atoms with Crippen molar-refractivity contribution in [3.63, 3.8) is 0 Å². The maximum absolute atomic E-state index is 3.61. The van der Waals surface area contributed by atoms with Gasteiger partial charge in [-0.1, -0.05) is 44.2 Å². The van der Waals surface area contributed by atoms with Crippen molar-refractivity contribution in [2.75, 3.05) is 26.7 Å². The highest BCUT2D eigenvalue weighted by molar-refractivity contribution is 5.14. The van der Waals surface area contributed by atoms with Gasteiger partial charge in [0, 0.05) is 25.7 Å². The smallest absolute Gasteiger partial charge is 0.0104 e. The molecule has 0 aromatic heterocycles. The van der Waals surface area contributed by atoms with E-state index in [-0.39, 0.29) is 0 Å². The SMILES string of the molecule is CCC(CC)NCCN(C)CCc1ccccc1. The molecular weight excluding hydrogens is 220 g/mol. The molecule has 0 unspecified atom stereocenters. The fourth-order valence-electron chi connectivity index (χ4n) is 2.11. The summed E-state index contributed by atoms with van der Waals surface area (Å²) < 4.78 is 0. The Kier molecular flexibility index (Phi) is 7.70. The van der Waals surface area contributed by atoms with E-state index >= 15 is 0 Å². The molecule has 0 aliphatic carbocycles. The Bertz CT molecular complexity index is 293. The summed E-state index contributed by atoms with van der Waals surface area (Å²) in [7, 11) is 2.21. The number of likely N-dealkylation sites (N-methyl/N-ethyl adjacent to an activating group) is 1. The number of rotatable bonds is 9. The monoisotopic (exact) mass is 248 g/mol. The van der Waals surface area contributed by atoms with Crippen molar-refractivity contribution in [1.82, 2.24) is 10.2 Å². The van der Waals surface area contributed by atoms with Crippen LogP contribution in [0.2, 0.25) is 0 Å². The molecule has 0 aliphatic rings. The van der Waals surface area contributed by atoms with Gasteiger partial charge in [-0.3, -0.25) is 0 Å². The maximum Gasteiger partial charge on any atom is 0.0104 e. The fraction of sp³-hybridized carbons (Fsp3) is 0.625. The summed E-state index contributed by atoms with van der Waals surface area (Å²) in [4.78, 5) is 2.41. The third-order valence-corrected chi connectivity index (χ3v) is 3.54. The molecule has 0 fully saturated rings. The molecule has 2 heteroatoms. The molecule has 0 spiro atoms. The van der Waals surface area contributed by atoms with Crippen LogP contribution in [0, 0.1) is 0 Å². The van der Waals surface area contributed by atoms with Crippen LogP contribution in [0.4, 0.5) is 0 Å². The van der Waals surface area contributed by atoms with Gasteiger partial charge in [0.05, 0.1) is 0 Å². The summed E-state index contributed by atoms with van der Waals surface area (Å²) in [6, 6.07) is 11.4. The summed E-state index contributed by atoms with van der Waals surface area (Å²) in [5.41, 5.74) is 1.43. The second-order valence-electron chi connectivity index (χ2n) is 5.01. The molecule has 1 rings (SSSR count). The molecule has 1 aromatic rings. The van der Waals surface area contributed by atoms with E-state index in [4.69, 9.17) is 0 Å². The average molecular weight is 248 g/mol. The van der Waals surface area contributed by atoms with Crippen molar-refractivity contribution in [1.29, 1.82) is 0 Å². The van der Waals surface area contributed by atoms with Crippen LogP contribution < -0.4 is 5.32 Å². The third-order valence-electron chi connectivity index (χ3n) is 3.54. The minimum absolute atomic E-state index is 0.688. The molecule has 1 N–H and O–H groups in total. The summed E-state index contributed by atoms with van der Waals surface area (Å²) in [5.74, 6) is 0. The van der Waals surface area contributed by atoms with Gasteiger partial charge in [-0.05, 0) is 31.9 Å². The van der Waals surface area contributed by atoms with E-state index in [0.29, 0.717) is 6.04 Å². The van der Waals surface area contributed by atoms with Crippen LogP contribution in [-0.2, 0) is 6.42 Å². The molecule has 2 nitrogen and oxygen atoms in total. The topological polar surface area (TPSA) is 15.3 Å². The highest BCUT2D eigenvalue weighted by Gasteiger charge is 2.03. The van der Waals surface area contributed by atoms with Crippen molar-refractivity contribution in [3.05, 3.63) is 35.9 Å². The van der Waals surface area contributed by atoms with Crippen LogP contribution in [-0.4, -0.2) is 37.6 Å². The molecule has 0 heterocycles. The van der Waals surface area contributed by atoms with Gasteiger partial charge in [0.15, 0.2) is 0 Å². The Labute approximate surface area is 112 Å². The second kappa shape index (κ2) is 9.12. The van der Waals surface area contributed by atoms with Crippen LogP contribution in [0.5, 0.6) is 0 Å². The van der Waals surface area contributed by atoms with Crippen molar-refractivity contribution >= 4 is 0 Å². The van der Waals surface area contributed by atoms with E-state index in [2.05, 4.69) is 61.4 Å². The first-order valence-electron chi connectivity index (χ1n) is 7.22. The standard InChI is InChI=1S/C16H28N2/c1-4-16(5-2)17-12-14-18(3)13-11-15-9-7-6-8-10-15/h6-10,16-17H,4-5,11-14H2,1-3H3. The Morgan fingerprint density at radius 3 is 2.33 bits per heavy atom. The van der Waals surface area contributed by atoms with Crippen LogP contribution in [0.25, 0.3) is 0 Å². The van der Waals surface area contributed by atoms with Gasteiger partial charge >= 0.3 is 0 Å². The number of nitrogens with one attached hydrogen (secondary N) is 1. The van der Waals surface area contributed by atoms with Gasteiger partial charge in [0.25, 0.3) is 0 Å². The zero-order valence-corrected chi connectivity index (χ0v) is 12.2. The Morgan fingerprint density at radius 1 is 1.06 bits per heavy atom. The number of hydrogen-bond acceptors (Lipinski definition) is 2. The predicted molar refractivity (Wildman–Crippen MR) is 80.0 cm³/mol. The van der Waals surface area contributed by atoms with Gasteiger partial charge < -0.3 is 10.2 Å². The largest absolute Gasteiger partial charge is 0.313 e. The highest BCUT2D eigenvalue weighted by atomic mass is 15.1. The predicted octanol–water partition coefficient (Wildman–Crippen LogP) is 2.94. The Hall–Kier alpha value is -0.860. The minimum atomic E-state index is 0.688. The first-order valence-corrected chi connectivity index (χ1v) is 7.22. The lowest BCUT2D eigenvalue weighted by molar-refractivity contribution is 0.324. The quantitative estimate of drug-likeness (QED) is 0.723. The van der Waals surface area contributed by atoms with E-state index in [1.807, 2.05) is 0 Å². The lowest BCUT2D eigenvalue weighted by Crippen LogP contribution is -2.35. The molecule has 0 aliphatic heterocycles. The van der Waals surface area contributed by atoms with E-state index in [1.54, 1.807) is 0 Å². The van der Waals surface area contributed by atoms with Crippen molar-refractivity contribution in [3.8, 4) is 0 Å². The summed E-state index contributed by atoms with van der Waals surface area (Å²) in [6.07, 6.45) is 3.59. The maximum atomic E-state index is 3.61. The molecule has 1 aromatic carbocycles.